The van der Waals surface area contributed by atoms with E-state index >= 15 is 4.39 Å². The van der Waals surface area contributed by atoms with Crippen molar-refractivity contribution >= 4 is 11.5 Å². The molecule has 50 heavy (non-hydrogen) atoms. The first-order valence-corrected chi connectivity index (χ1v) is 17.0. The van der Waals surface area contributed by atoms with Gasteiger partial charge >= 0.3 is 0 Å². The van der Waals surface area contributed by atoms with Crippen molar-refractivity contribution in [1.82, 2.24) is 26.2 Å². The van der Waals surface area contributed by atoms with Gasteiger partial charge in [0.1, 0.15) is 17.7 Å². The summed E-state index contributed by atoms with van der Waals surface area (Å²) < 4.78 is 15.1. The SMILES string of the molecule is C=C1CC(NC/C2=C(F)/C=C\C(CNC(=C)C3=NC(=C)N(C(C#N)=NC)C(C(=C)NCC45CCC(C(=C)C#N)(CC4)CC5)=C3)C#CC2)=C1NC. The average Bonchev–Trinajstić information content (AvgIpc) is 3.12. The van der Waals surface area contributed by atoms with Crippen LogP contribution in [0.15, 0.2) is 118 Å². The number of nitriles is 2. The Morgan fingerprint density at radius 3 is 2.44 bits per heavy atom. The van der Waals surface area contributed by atoms with Gasteiger partial charge in [-0.15, -0.1) is 0 Å². The average molecular weight is 672 g/mol. The largest absolute Gasteiger partial charge is 0.386 e. The molecule has 1 aliphatic heterocycles. The summed E-state index contributed by atoms with van der Waals surface area (Å²) in [7, 11) is 3.40. The van der Waals surface area contributed by atoms with Crippen molar-refractivity contribution in [1.29, 1.82) is 10.5 Å². The van der Waals surface area contributed by atoms with Crippen molar-refractivity contribution in [3.63, 3.8) is 0 Å². The van der Waals surface area contributed by atoms with E-state index in [1.54, 1.807) is 18.0 Å². The van der Waals surface area contributed by atoms with Gasteiger partial charge in [-0.05, 0) is 67.2 Å². The number of rotatable bonds is 13. The molecule has 3 saturated carbocycles. The second kappa shape index (κ2) is 14.9. The maximum absolute atomic E-state index is 15.1. The number of aliphatic imine (C=N–C) groups is 2. The zero-order valence-electron chi connectivity index (χ0n) is 29.2. The number of nitrogens with one attached hydrogen (secondary N) is 4. The van der Waals surface area contributed by atoms with Crippen molar-refractivity contribution in [3.8, 4) is 24.0 Å². The predicted octanol–water partition coefficient (Wildman–Crippen LogP) is 6.06. The molecule has 3 fully saturated rings. The van der Waals surface area contributed by atoms with Crippen LogP contribution < -0.4 is 21.3 Å². The lowest BCUT2D eigenvalue weighted by Crippen LogP contribution is -2.47. The Bertz CT molecular complexity index is 1830. The molecule has 1 unspecified atom stereocenters. The molecule has 10 heteroatoms. The summed E-state index contributed by atoms with van der Waals surface area (Å²) >= 11 is 0. The monoisotopic (exact) mass is 671 g/mol. The van der Waals surface area contributed by atoms with Crippen molar-refractivity contribution in [2.75, 3.05) is 33.7 Å². The Morgan fingerprint density at radius 1 is 1.10 bits per heavy atom. The molecule has 6 aliphatic rings. The maximum Gasteiger partial charge on any atom is 0.214 e. The zero-order chi connectivity index (χ0) is 36.1. The third-order valence-electron chi connectivity index (χ3n) is 10.8. The molecule has 0 spiro atoms. The van der Waals surface area contributed by atoms with Crippen LogP contribution in [0.4, 0.5) is 4.39 Å². The van der Waals surface area contributed by atoms with E-state index in [1.165, 1.54) is 6.08 Å². The molecule has 4 N–H and O–H groups in total. The molecule has 0 aromatic carbocycles. The summed E-state index contributed by atoms with van der Waals surface area (Å²) in [5.41, 5.74) is 6.71. The van der Waals surface area contributed by atoms with E-state index in [0.29, 0.717) is 59.3 Å². The van der Waals surface area contributed by atoms with Crippen LogP contribution in [0, 0.1) is 51.3 Å². The van der Waals surface area contributed by atoms with E-state index in [1.807, 2.05) is 13.1 Å². The highest BCUT2D eigenvalue weighted by molar-refractivity contribution is 6.11. The number of likely N-dealkylation sites (N-methyl/N-ethyl adjacent to an activating group) is 1. The summed E-state index contributed by atoms with van der Waals surface area (Å²) in [5, 5.41) is 32.7. The highest BCUT2D eigenvalue weighted by Crippen LogP contribution is 2.59. The molecule has 9 nitrogen and oxygen atoms in total. The Morgan fingerprint density at radius 2 is 1.82 bits per heavy atom. The first-order chi connectivity index (χ1) is 24.0. The summed E-state index contributed by atoms with van der Waals surface area (Å²) in [6, 6.07) is 4.45. The van der Waals surface area contributed by atoms with Crippen LogP contribution in [-0.2, 0) is 0 Å². The second-order valence-electron chi connectivity index (χ2n) is 13.7. The molecule has 5 aliphatic carbocycles. The Balaban J connectivity index is 1.23. The zero-order valence-corrected chi connectivity index (χ0v) is 29.2. The van der Waals surface area contributed by atoms with Gasteiger partial charge in [0, 0.05) is 63.3 Å². The van der Waals surface area contributed by atoms with Gasteiger partial charge in [-0.25, -0.2) is 9.38 Å². The van der Waals surface area contributed by atoms with Crippen LogP contribution in [-0.4, -0.2) is 50.2 Å². The third-order valence-corrected chi connectivity index (χ3v) is 10.8. The molecule has 0 aromatic rings. The van der Waals surface area contributed by atoms with Gasteiger partial charge in [-0.3, -0.25) is 9.89 Å². The van der Waals surface area contributed by atoms with Crippen LogP contribution >= 0.6 is 0 Å². The molecule has 0 amide bonds. The standard InChI is InChI=1S/C40H46FN9/c1-26-19-35(38(26)45-7)47-24-32-10-8-9-31(11-12-33(32)41)23-46-28(3)34-20-36(50(30(5)49-34)37(22-43)44-6)29(4)48-25-39-13-16-40(17-14-39,18-15-39)27(2)21-42/h11-12,20,31,45-48H,1-5,10,13-19,23-25H2,6-7H3/b12-11-,33-32-,44-37?. The number of hydrogen-bond acceptors (Lipinski definition) is 8. The van der Waals surface area contributed by atoms with Gasteiger partial charge in [0.25, 0.3) is 0 Å². The second-order valence-corrected chi connectivity index (χ2v) is 13.7. The first-order valence-electron chi connectivity index (χ1n) is 17.0. The molecule has 0 radical (unpaired) electrons. The third kappa shape index (κ3) is 7.24. The highest BCUT2D eigenvalue weighted by atomic mass is 19.1. The predicted molar refractivity (Wildman–Crippen MR) is 198 cm³/mol. The molecule has 2 bridgehead atoms. The van der Waals surface area contributed by atoms with Gasteiger partial charge in [0.15, 0.2) is 0 Å². The maximum atomic E-state index is 15.1. The van der Waals surface area contributed by atoms with E-state index in [4.69, 9.17) is 0 Å². The number of fused-ring (bicyclic) bond motifs is 3. The molecular formula is C40H46FN9. The van der Waals surface area contributed by atoms with E-state index in [9.17, 15) is 10.5 Å². The minimum atomic E-state index is -0.287. The molecule has 0 aromatic heterocycles. The quantitative estimate of drug-likeness (QED) is 0.0813. The highest BCUT2D eigenvalue weighted by Gasteiger charge is 2.49. The first kappa shape index (κ1) is 35.8. The smallest absolute Gasteiger partial charge is 0.214 e. The van der Waals surface area contributed by atoms with Crippen molar-refractivity contribution < 1.29 is 4.39 Å². The summed E-state index contributed by atoms with van der Waals surface area (Å²) in [6.07, 6.45) is 12.1. The molecule has 1 heterocycles. The van der Waals surface area contributed by atoms with Crippen LogP contribution in [0.1, 0.15) is 51.4 Å². The summed E-state index contributed by atoms with van der Waals surface area (Å²) in [5.74, 6) is 6.27. The topological polar surface area (TPSA) is 124 Å². The number of halogens is 1. The minimum absolute atomic E-state index is 0.0462. The number of allylic oxidation sites excluding steroid dienone is 6. The molecular weight excluding hydrogens is 626 g/mol. The number of nitrogens with zero attached hydrogens (tertiary/aromatic N) is 5. The number of amidine groups is 1. The fourth-order valence-electron chi connectivity index (χ4n) is 7.37. The van der Waals surface area contributed by atoms with E-state index in [-0.39, 0.29) is 28.4 Å². The molecule has 0 saturated heterocycles. The van der Waals surface area contributed by atoms with E-state index in [2.05, 4.69) is 88.1 Å². The molecule has 6 rings (SSSR count). The Labute approximate surface area is 295 Å². The minimum Gasteiger partial charge on any atom is -0.386 e. The Hall–Kier alpha value is -5.53. The van der Waals surface area contributed by atoms with Gasteiger partial charge in [0.2, 0.25) is 5.84 Å². The van der Waals surface area contributed by atoms with Crippen molar-refractivity contribution in [3.05, 3.63) is 108 Å². The van der Waals surface area contributed by atoms with Gasteiger partial charge in [-0.2, -0.15) is 10.5 Å². The Kier molecular flexibility index (Phi) is 10.7. The fourth-order valence-corrected chi connectivity index (χ4v) is 7.37. The van der Waals surface area contributed by atoms with Gasteiger partial charge < -0.3 is 21.3 Å². The van der Waals surface area contributed by atoms with Crippen LogP contribution in [0.5, 0.6) is 0 Å². The molecule has 1 atom stereocenters. The van der Waals surface area contributed by atoms with Crippen LogP contribution in [0.2, 0.25) is 0 Å². The summed E-state index contributed by atoms with van der Waals surface area (Å²) in [4.78, 5) is 10.4. The van der Waals surface area contributed by atoms with Crippen molar-refractivity contribution in [2.45, 2.75) is 51.4 Å². The fraction of sp³-hybridized carbons (Fsp3) is 0.400. The lowest BCUT2D eigenvalue weighted by molar-refractivity contribution is 0.0194. The summed E-state index contributed by atoms with van der Waals surface area (Å²) in [6.45, 7) is 22.2. The van der Waals surface area contributed by atoms with Crippen molar-refractivity contribution in [2.24, 2.45) is 26.7 Å². The van der Waals surface area contributed by atoms with Gasteiger partial charge in [-0.1, -0.05) is 50.8 Å². The van der Waals surface area contributed by atoms with E-state index < -0.39 is 0 Å². The van der Waals surface area contributed by atoms with E-state index in [0.717, 1.165) is 68.5 Å². The number of hydrogen-bond donors (Lipinski definition) is 4. The molecule has 258 valence electrons. The van der Waals surface area contributed by atoms with Crippen LogP contribution in [0.3, 0.4) is 0 Å². The lowest BCUT2D eigenvalue weighted by atomic mass is 9.52. The van der Waals surface area contributed by atoms with Gasteiger partial charge in [0.05, 0.1) is 40.5 Å². The van der Waals surface area contributed by atoms with Crippen LogP contribution in [0.25, 0.3) is 0 Å². The lowest BCUT2D eigenvalue weighted by Gasteiger charge is -2.53. The normalized spacial score (nSPS) is 27.9.